The van der Waals surface area contributed by atoms with Crippen molar-refractivity contribution in [3.05, 3.63) is 29.1 Å². The van der Waals surface area contributed by atoms with Crippen LogP contribution in [0.5, 0.6) is 0 Å². The van der Waals surface area contributed by atoms with Gasteiger partial charge in [0, 0.05) is 38.5 Å². The molecule has 0 aromatic heterocycles. The summed E-state index contributed by atoms with van der Waals surface area (Å²) < 4.78 is 15.1. The average Bonchev–Trinajstić information content (AvgIpc) is 3.08. The monoisotopic (exact) mass is 523 g/mol. The highest BCUT2D eigenvalue weighted by molar-refractivity contribution is 7.80. The van der Waals surface area contributed by atoms with Crippen LogP contribution in [0.1, 0.15) is 46.4 Å². The molecule has 0 saturated carbocycles. The molecule has 0 bridgehead atoms. The molecular weight excluding hydrogens is 497 g/mol. The molecule has 1 atom stereocenters. The summed E-state index contributed by atoms with van der Waals surface area (Å²) in [7, 11) is 0. The van der Waals surface area contributed by atoms with Gasteiger partial charge in [0.15, 0.2) is 0 Å². The minimum atomic E-state index is -1.07. The van der Waals surface area contributed by atoms with Crippen molar-refractivity contribution in [3.8, 4) is 0 Å². The highest BCUT2D eigenvalue weighted by Crippen LogP contribution is 2.33. The second-order valence-corrected chi connectivity index (χ2v) is 9.55. The van der Waals surface area contributed by atoms with Crippen LogP contribution in [0.2, 0.25) is 0 Å². The smallest absolute Gasteiger partial charge is 0.262 e. The van der Waals surface area contributed by atoms with E-state index in [0.717, 1.165) is 41.9 Å². The topological polar surface area (TPSA) is 102 Å². The number of halogens is 2. The van der Waals surface area contributed by atoms with E-state index >= 15 is 4.39 Å². The molecule has 4 aliphatic rings. The lowest BCUT2D eigenvalue weighted by atomic mass is 9.97. The van der Waals surface area contributed by atoms with E-state index in [-0.39, 0.29) is 42.1 Å². The maximum absolute atomic E-state index is 15.1. The van der Waals surface area contributed by atoms with E-state index in [0.29, 0.717) is 32.1 Å². The summed E-state index contributed by atoms with van der Waals surface area (Å²) in [6.45, 7) is 4.34. The normalized spacial score (nSPS) is 23.2. The standard InChI is InChI=1S/C23H26FN5O4S.ClH/c24-16-11-14-15(22(33)29(21(14)32)17-1-2-19(30)26-20(17)31)12-18(16)27-7-9-28(10-8-27)23(34)13-3-5-25-6-4-13;/h11-13,17,25H,1-10H2,(H,26,30,31);1H. The van der Waals surface area contributed by atoms with Crippen LogP contribution in [0.25, 0.3) is 0 Å². The number of benzene rings is 1. The number of carbonyl (C=O) groups excluding carboxylic acids is 4. The minimum absolute atomic E-state index is 0. The van der Waals surface area contributed by atoms with Gasteiger partial charge >= 0.3 is 0 Å². The first-order valence-electron chi connectivity index (χ1n) is 11.6. The molecule has 0 aliphatic carbocycles. The molecule has 0 radical (unpaired) electrons. The van der Waals surface area contributed by atoms with Gasteiger partial charge in [-0.25, -0.2) is 4.39 Å². The molecule has 4 heterocycles. The Morgan fingerprint density at radius 3 is 2.20 bits per heavy atom. The number of nitrogens with one attached hydrogen (secondary N) is 2. The number of hydrogen-bond acceptors (Lipinski definition) is 7. The van der Waals surface area contributed by atoms with Gasteiger partial charge < -0.3 is 15.1 Å². The third kappa shape index (κ3) is 4.64. The summed E-state index contributed by atoms with van der Waals surface area (Å²) in [5, 5.41) is 5.50. The van der Waals surface area contributed by atoms with E-state index < -0.39 is 35.5 Å². The minimum Gasteiger partial charge on any atom is -0.366 e. The average molecular weight is 524 g/mol. The highest BCUT2D eigenvalue weighted by Gasteiger charge is 2.45. The number of piperidine rings is 2. The third-order valence-corrected chi connectivity index (χ3v) is 7.72. The first-order valence-corrected chi connectivity index (χ1v) is 12.1. The van der Waals surface area contributed by atoms with E-state index in [1.807, 2.05) is 4.90 Å². The Morgan fingerprint density at radius 2 is 1.57 bits per heavy atom. The molecule has 1 aromatic rings. The van der Waals surface area contributed by atoms with Crippen LogP contribution in [-0.4, -0.2) is 83.7 Å². The summed E-state index contributed by atoms with van der Waals surface area (Å²) in [6, 6.07) is 1.43. The van der Waals surface area contributed by atoms with Crippen molar-refractivity contribution in [3.63, 3.8) is 0 Å². The SMILES string of the molecule is Cl.O=C1CCC(N2C(=O)c3cc(F)c(N4CCN(C(=S)C5CCNCC5)CC4)cc3C2=O)C(=O)N1. The van der Waals surface area contributed by atoms with Crippen molar-refractivity contribution in [2.75, 3.05) is 44.2 Å². The molecule has 12 heteroatoms. The molecule has 9 nitrogen and oxygen atoms in total. The summed E-state index contributed by atoms with van der Waals surface area (Å²) in [5.74, 6) is -2.67. The Bertz CT molecular complexity index is 1090. The number of amides is 4. The Balaban J connectivity index is 0.00000289. The van der Waals surface area contributed by atoms with E-state index in [2.05, 4.69) is 15.5 Å². The fraction of sp³-hybridized carbons (Fsp3) is 0.522. The number of piperazine rings is 1. The Hall–Kier alpha value is -2.63. The van der Waals surface area contributed by atoms with Crippen LogP contribution in [0.4, 0.5) is 10.1 Å². The number of nitrogens with zero attached hydrogens (tertiary/aromatic N) is 3. The van der Waals surface area contributed by atoms with Gasteiger partial charge in [-0.15, -0.1) is 12.4 Å². The summed E-state index contributed by atoms with van der Waals surface area (Å²) in [4.78, 5) is 55.5. The van der Waals surface area contributed by atoms with Crippen molar-refractivity contribution in [1.82, 2.24) is 20.4 Å². The number of carbonyl (C=O) groups is 4. The van der Waals surface area contributed by atoms with Crippen molar-refractivity contribution in [2.45, 2.75) is 31.7 Å². The second kappa shape index (κ2) is 10.2. The molecule has 3 saturated heterocycles. The van der Waals surface area contributed by atoms with Crippen LogP contribution in [0, 0.1) is 11.7 Å². The molecule has 4 aliphatic heterocycles. The number of hydrogen-bond donors (Lipinski definition) is 2. The molecule has 35 heavy (non-hydrogen) atoms. The lowest BCUT2D eigenvalue weighted by molar-refractivity contribution is -0.136. The summed E-state index contributed by atoms with van der Waals surface area (Å²) >= 11 is 5.72. The lowest BCUT2D eigenvalue weighted by Crippen LogP contribution is -2.54. The number of fused-ring (bicyclic) bond motifs is 1. The molecule has 5 rings (SSSR count). The van der Waals surface area contributed by atoms with Crippen LogP contribution >= 0.6 is 24.6 Å². The van der Waals surface area contributed by atoms with Gasteiger partial charge in [-0.1, -0.05) is 12.2 Å². The molecular formula is C23H27ClFN5O4S. The van der Waals surface area contributed by atoms with Gasteiger partial charge in [-0.3, -0.25) is 29.4 Å². The van der Waals surface area contributed by atoms with Gasteiger partial charge in [-0.2, -0.15) is 0 Å². The molecule has 4 amide bonds. The molecule has 1 unspecified atom stereocenters. The lowest BCUT2D eigenvalue weighted by Gasteiger charge is -2.40. The summed E-state index contributed by atoms with van der Waals surface area (Å²) in [5.41, 5.74) is 0.290. The highest BCUT2D eigenvalue weighted by atomic mass is 35.5. The van der Waals surface area contributed by atoms with E-state index in [9.17, 15) is 19.2 Å². The van der Waals surface area contributed by atoms with Crippen molar-refractivity contribution in [1.29, 1.82) is 0 Å². The van der Waals surface area contributed by atoms with Gasteiger partial charge in [-0.05, 0) is 44.5 Å². The Kier molecular flexibility index (Phi) is 7.39. The van der Waals surface area contributed by atoms with E-state index in [4.69, 9.17) is 12.2 Å². The largest absolute Gasteiger partial charge is 0.366 e. The van der Waals surface area contributed by atoms with Gasteiger partial charge in [0.05, 0.1) is 21.8 Å². The number of thiocarbonyl (C=S) groups is 1. The van der Waals surface area contributed by atoms with Gasteiger partial charge in [0.2, 0.25) is 11.8 Å². The first-order chi connectivity index (χ1) is 16.3. The van der Waals surface area contributed by atoms with Crippen LogP contribution in [-0.2, 0) is 9.59 Å². The fourth-order valence-corrected chi connectivity index (χ4v) is 5.63. The fourth-order valence-electron chi connectivity index (χ4n) is 5.22. The van der Waals surface area contributed by atoms with Gasteiger partial charge in [0.1, 0.15) is 11.9 Å². The maximum atomic E-state index is 15.1. The van der Waals surface area contributed by atoms with Crippen molar-refractivity contribution in [2.24, 2.45) is 5.92 Å². The zero-order valence-electron chi connectivity index (χ0n) is 19.0. The first kappa shape index (κ1) is 25.5. The van der Waals surface area contributed by atoms with Crippen LogP contribution in [0.15, 0.2) is 12.1 Å². The van der Waals surface area contributed by atoms with Crippen molar-refractivity contribution >= 4 is 58.9 Å². The molecule has 3 fully saturated rings. The van der Waals surface area contributed by atoms with E-state index in [1.165, 1.54) is 6.07 Å². The quantitative estimate of drug-likeness (QED) is 0.448. The summed E-state index contributed by atoms with van der Waals surface area (Å²) in [6.07, 6.45) is 2.15. The van der Waals surface area contributed by atoms with Crippen LogP contribution in [0.3, 0.4) is 0 Å². The Morgan fingerprint density at radius 1 is 0.943 bits per heavy atom. The predicted octanol–water partition coefficient (Wildman–Crippen LogP) is 1.10. The molecule has 2 N–H and O–H groups in total. The number of anilines is 1. The van der Waals surface area contributed by atoms with E-state index in [1.54, 1.807) is 0 Å². The molecule has 188 valence electrons. The molecule has 0 spiro atoms. The third-order valence-electron chi connectivity index (χ3n) is 7.13. The van der Waals surface area contributed by atoms with Crippen molar-refractivity contribution < 1.29 is 23.6 Å². The zero-order chi connectivity index (χ0) is 24.0. The maximum Gasteiger partial charge on any atom is 0.262 e. The zero-order valence-corrected chi connectivity index (χ0v) is 20.7. The molecule has 1 aromatic carbocycles. The number of rotatable bonds is 3. The number of imide groups is 2. The Labute approximate surface area is 213 Å². The van der Waals surface area contributed by atoms with Crippen LogP contribution < -0.4 is 15.5 Å². The second-order valence-electron chi connectivity index (χ2n) is 9.13. The van der Waals surface area contributed by atoms with Gasteiger partial charge in [0.25, 0.3) is 11.8 Å². The predicted molar refractivity (Wildman–Crippen MR) is 132 cm³/mol.